The highest BCUT2D eigenvalue weighted by molar-refractivity contribution is 5.15. The predicted molar refractivity (Wildman–Crippen MR) is 85.7 cm³/mol. The summed E-state index contributed by atoms with van der Waals surface area (Å²) < 4.78 is 5.38. The van der Waals surface area contributed by atoms with E-state index in [2.05, 4.69) is 31.9 Å². The molecular formula is C17H32N2O. The van der Waals surface area contributed by atoms with Gasteiger partial charge in [0.2, 0.25) is 0 Å². The molecule has 0 amide bonds. The van der Waals surface area contributed by atoms with Crippen LogP contribution in [0.25, 0.3) is 0 Å². The van der Waals surface area contributed by atoms with Crippen LogP contribution in [0.3, 0.4) is 0 Å². The minimum absolute atomic E-state index is 0.0793. The van der Waals surface area contributed by atoms with Gasteiger partial charge in [0, 0.05) is 24.2 Å². The maximum atomic E-state index is 6.05. The molecule has 1 unspecified atom stereocenters. The summed E-state index contributed by atoms with van der Waals surface area (Å²) >= 11 is 0. The summed E-state index contributed by atoms with van der Waals surface area (Å²) in [7, 11) is 2.17. The number of hydrogen-bond donors (Lipinski definition) is 1. The molecule has 0 saturated heterocycles. The molecule has 20 heavy (non-hydrogen) atoms. The first-order chi connectivity index (χ1) is 9.53. The molecule has 0 bridgehead atoms. The molecule has 1 atom stereocenters. The molecule has 1 rings (SSSR count). The Labute approximate surface area is 124 Å². The molecule has 2 N–H and O–H groups in total. The molecule has 0 saturated carbocycles. The van der Waals surface area contributed by atoms with Gasteiger partial charge in [-0.2, -0.15) is 0 Å². The van der Waals surface area contributed by atoms with Crippen LogP contribution in [0, 0.1) is 6.92 Å². The smallest absolute Gasteiger partial charge is 0.105 e. The van der Waals surface area contributed by atoms with E-state index in [-0.39, 0.29) is 5.54 Å². The Hall–Kier alpha value is -0.800. The number of aryl methyl sites for hydroxylation is 1. The third kappa shape index (κ3) is 4.95. The molecule has 1 aromatic heterocycles. The van der Waals surface area contributed by atoms with Gasteiger partial charge in [0.05, 0.1) is 6.26 Å². The average molecular weight is 280 g/mol. The van der Waals surface area contributed by atoms with Crippen molar-refractivity contribution < 1.29 is 4.42 Å². The number of likely N-dealkylation sites (N-methyl/N-ethyl adjacent to an activating group) is 1. The van der Waals surface area contributed by atoms with Crippen LogP contribution in [0.2, 0.25) is 0 Å². The van der Waals surface area contributed by atoms with Crippen molar-refractivity contribution in [3.63, 3.8) is 0 Å². The zero-order valence-corrected chi connectivity index (χ0v) is 13.7. The summed E-state index contributed by atoms with van der Waals surface area (Å²) in [5, 5.41) is 0. The second-order valence-electron chi connectivity index (χ2n) is 6.22. The second kappa shape index (κ2) is 8.48. The van der Waals surface area contributed by atoms with Crippen LogP contribution in [0.1, 0.15) is 63.7 Å². The molecule has 0 spiro atoms. The van der Waals surface area contributed by atoms with Crippen molar-refractivity contribution in [1.82, 2.24) is 4.90 Å². The summed E-state index contributed by atoms with van der Waals surface area (Å²) in [5.74, 6) is 1.01. The van der Waals surface area contributed by atoms with Gasteiger partial charge < -0.3 is 10.2 Å². The van der Waals surface area contributed by atoms with Crippen LogP contribution < -0.4 is 5.73 Å². The van der Waals surface area contributed by atoms with E-state index in [1.54, 1.807) is 6.26 Å². The van der Waals surface area contributed by atoms with E-state index in [9.17, 15) is 0 Å². The number of nitrogens with zero attached hydrogens (tertiary/aromatic N) is 1. The van der Waals surface area contributed by atoms with Crippen LogP contribution in [-0.4, -0.2) is 24.0 Å². The Kier molecular flexibility index (Phi) is 7.31. The Balaban J connectivity index is 2.47. The Morgan fingerprint density at radius 3 is 2.50 bits per heavy atom. The van der Waals surface area contributed by atoms with E-state index >= 15 is 0 Å². The molecule has 3 heteroatoms. The highest BCUT2D eigenvalue weighted by atomic mass is 16.3. The molecule has 0 aliphatic heterocycles. The lowest BCUT2D eigenvalue weighted by Gasteiger charge is -2.38. The highest BCUT2D eigenvalue weighted by Gasteiger charge is 2.27. The van der Waals surface area contributed by atoms with Gasteiger partial charge in [-0.1, -0.05) is 39.0 Å². The molecule has 0 aliphatic carbocycles. The van der Waals surface area contributed by atoms with E-state index in [1.807, 2.05) is 6.92 Å². The molecule has 0 aromatic carbocycles. The monoisotopic (exact) mass is 280 g/mol. The van der Waals surface area contributed by atoms with Crippen LogP contribution in [0.5, 0.6) is 0 Å². The molecular weight excluding hydrogens is 248 g/mol. The van der Waals surface area contributed by atoms with Crippen molar-refractivity contribution >= 4 is 0 Å². The van der Waals surface area contributed by atoms with Gasteiger partial charge in [-0.25, -0.2) is 0 Å². The Morgan fingerprint density at radius 2 is 1.95 bits per heavy atom. The number of hydrogen-bond acceptors (Lipinski definition) is 3. The van der Waals surface area contributed by atoms with Gasteiger partial charge in [0.25, 0.3) is 0 Å². The van der Waals surface area contributed by atoms with Crippen molar-refractivity contribution in [3.05, 3.63) is 23.7 Å². The minimum atomic E-state index is 0.0793. The third-order valence-electron chi connectivity index (χ3n) is 4.55. The van der Waals surface area contributed by atoms with Gasteiger partial charge in [-0.3, -0.25) is 4.90 Å². The predicted octanol–water partition coefficient (Wildman–Crippen LogP) is 4.10. The molecule has 0 radical (unpaired) electrons. The van der Waals surface area contributed by atoms with Crippen molar-refractivity contribution in [2.24, 2.45) is 5.73 Å². The van der Waals surface area contributed by atoms with Crippen LogP contribution >= 0.6 is 0 Å². The zero-order valence-electron chi connectivity index (χ0n) is 13.7. The molecule has 116 valence electrons. The van der Waals surface area contributed by atoms with Gasteiger partial charge in [0.15, 0.2) is 0 Å². The topological polar surface area (TPSA) is 42.4 Å². The summed E-state index contributed by atoms with van der Waals surface area (Å²) in [6.45, 7) is 8.17. The molecule has 0 aliphatic rings. The fourth-order valence-corrected chi connectivity index (χ4v) is 2.58. The van der Waals surface area contributed by atoms with E-state index in [0.29, 0.717) is 6.54 Å². The van der Waals surface area contributed by atoms with E-state index in [1.165, 1.54) is 44.1 Å². The molecule has 1 heterocycles. The Bertz CT molecular complexity index is 375. The van der Waals surface area contributed by atoms with Gasteiger partial charge in [-0.05, 0) is 33.4 Å². The first-order valence-corrected chi connectivity index (χ1v) is 7.97. The maximum Gasteiger partial charge on any atom is 0.105 e. The fraction of sp³-hybridized carbons (Fsp3) is 0.765. The summed E-state index contributed by atoms with van der Waals surface area (Å²) in [6, 6.07) is 2.06. The lowest BCUT2D eigenvalue weighted by atomic mass is 9.92. The van der Waals surface area contributed by atoms with E-state index < -0.39 is 0 Å². The molecule has 3 nitrogen and oxygen atoms in total. The number of nitrogens with two attached hydrogens (primary N) is 1. The lowest BCUT2D eigenvalue weighted by Crippen LogP contribution is -2.49. The first kappa shape index (κ1) is 17.3. The van der Waals surface area contributed by atoms with Crippen molar-refractivity contribution in [1.29, 1.82) is 0 Å². The summed E-state index contributed by atoms with van der Waals surface area (Å²) in [6.07, 6.45) is 9.52. The summed E-state index contributed by atoms with van der Waals surface area (Å²) in [4.78, 5) is 2.38. The maximum absolute atomic E-state index is 6.05. The van der Waals surface area contributed by atoms with Gasteiger partial charge in [-0.15, -0.1) is 0 Å². The first-order valence-electron chi connectivity index (χ1n) is 7.97. The van der Waals surface area contributed by atoms with Crippen molar-refractivity contribution in [2.45, 2.75) is 71.4 Å². The van der Waals surface area contributed by atoms with Crippen LogP contribution in [0.4, 0.5) is 0 Å². The highest BCUT2D eigenvalue weighted by Crippen LogP contribution is 2.24. The third-order valence-corrected chi connectivity index (χ3v) is 4.55. The number of furan rings is 1. The van der Waals surface area contributed by atoms with Crippen LogP contribution in [0.15, 0.2) is 16.7 Å². The summed E-state index contributed by atoms with van der Waals surface area (Å²) in [5.41, 5.74) is 7.39. The second-order valence-corrected chi connectivity index (χ2v) is 6.22. The lowest BCUT2D eigenvalue weighted by molar-refractivity contribution is 0.122. The molecule has 0 fully saturated rings. The fourth-order valence-electron chi connectivity index (χ4n) is 2.58. The average Bonchev–Trinajstić information content (AvgIpc) is 2.83. The quantitative estimate of drug-likeness (QED) is 0.656. The normalized spacial score (nSPS) is 14.7. The minimum Gasteiger partial charge on any atom is -0.469 e. The van der Waals surface area contributed by atoms with Crippen LogP contribution in [-0.2, 0) is 6.54 Å². The molecule has 1 aromatic rings. The van der Waals surface area contributed by atoms with E-state index in [0.717, 1.165) is 12.3 Å². The largest absolute Gasteiger partial charge is 0.469 e. The Morgan fingerprint density at radius 1 is 1.25 bits per heavy atom. The number of rotatable bonds is 10. The van der Waals surface area contributed by atoms with Crippen molar-refractivity contribution in [2.75, 3.05) is 13.6 Å². The number of unbranched alkanes of at least 4 members (excludes halogenated alkanes) is 4. The zero-order chi connectivity index (χ0) is 15.0. The van der Waals surface area contributed by atoms with E-state index in [4.69, 9.17) is 10.2 Å². The SMILES string of the molecule is CCCCCCCC(C)(CN)N(C)Cc1ccoc1C. The van der Waals surface area contributed by atoms with Gasteiger partial charge >= 0.3 is 0 Å². The van der Waals surface area contributed by atoms with Gasteiger partial charge in [0.1, 0.15) is 5.76 Å². The van der Waals surface area contributed by atoms with Crippen molar-refractivity contribution in [3.8, 4) is 0 Å². The standard InChI is InChI=1S/C17H32N2O/c1-5-6-7-8-9-11-17(3,14-18)19(4)13-16-10-12-20-15(16)2/h10,12H,5-9,11,13-14,18H2,1-4H3.